The van der Waals surface area contributed by atoms with Crippen LogP contribution in [-0.2, 0) is 16.2 Å². The van der Waals surface area contributed by atoms with Gasteiger partial charge in [0.2, 0.25) is 0 Å². The summed E-state index contributed by atoms with van der Waals surface area (Å²) < 4.78 is 6.37. The van der Waals surface area contributed by atoms with Crippen LogP contribution in [0.4, 0.5) is 0 Å². The number of nitrogens with zero attached hydrogens (tertiary/aromatic N) is 2. The Hall–Kier alpha value is 0.0300. The largest absolute Gasteiger partial charge is 0.260 e. The molecule has 1 aromatic carbocycles. The van der Waals surface area contributed by atoms with Crippen LogP contribution in [0.3, 0.4) is 0 Å². The third-order valence-electron chi connectivity index (χ3n) is 6.51. The molecule has 5 heteroatoms. The Balaban J connectivity index is 4.15. The molecule has 0 unspecified atom stereocenters. The number of halogens is 1. The van der Waals surface area contributed by atoms with Crippen LogP contribution in [0.15, 0.2) is 12.1 Å². The predicted molar refractivity (Wildman–Crippen MR) is 171 cm³/mol. The van der Waals surface area contributed by atoms with Crippen LogP contribution in [0.1, 0.15) is 134 Å². The highest BCUT2D eigenvalue weighted by molar-refractivity contribution is 7.89. The molecular formula is C31H57ClN2P2. The van der Waals surface area contributed by atoms with E-state index in [1.165, 1.54) is 22.0 Å². The van der Waals surface area contributed by atoms with Crippen LogP contribution in [0.2, 0.25) is 0 Å². The van der Waals surface area contributed by atoms with E-state index in [2.05, 4.69) is 139 Å². The minimum atomic E-state index is -0.821. The molecule has 36 heavy (non-hydrogen) atoms. The van der Waals surface area contributed by atoms with Crippen molar-refractivity contribution in [3.63, 3.8) is 0 Å². The van der Waals surface area contributed by atoms with Gasteiger partial charge in [0.15, 0.2) is 0 Å². The standard InChI is InChI=1S/C31H57ClN2P2/c1-20(2)33(21(3)4)36(34(22(5)6)23(7)8)28(32)35-27-25(30(12,13)14)18-24(29(9,10)11)19-26(27)31(15,16)17/h18-23H,1-17H3. The van der Waals surface area contributed by atoms with Crippen LogP contribution in [0, 0.1) is 0 Å². The van der Waals surface area contributed by atoms with E-state index < -0.39 is 8.22 Å². The highest BCUT2D eigenvalue weighted by Gasteiger charge is 2.36. The van der Waals surface area contributed by atoms with E-state index in [1.807, 2.05) is 0 Å². The van der Waals surface area contributed by atoms with E-state index in [4.69, 9.17) is 11.6 Å². The van der Waals surface area contributed by atoms with Gasteiger partial charge in [0.25, 0.3) is 0 Å². The lowest BCUT2D eigenvalue weighted by atomic mass is 9.75. The molecule has 0 aliphatic rings. The zero-order valence-electron chi connectivity index (χ0n) is 26.6. The summed E-state index contributed by atoms with van der Waals surface area (Å²) in [6.45, 7) is 39.6. The number of hydrogen-bond donors (Lipinski definition) is 0. The molecule has 0 amide bonds. The van der Waals surface area contributed by atoms with Crippen molar-refractivity contribution in [3.8, 4) is 0 Å². The number of hydrogen-bond acceptors (Lipinski definition) is 2. The second-order valence-corrected chi connectivity index (χ2v) is 18.8. The molecule has 0 aliphatic heterocycles. The molecule has 0 aromatic heterocycles. The predicted octanol–water partition coefficient (Wildman–Crippen LogP) is 10.0. The normalized spacial score (nSPS) is 14.6. The SMILES string of the molecule is CC(C)N(C(C)C)P(C(Cl)=Pc1c(C(C)(C)C)cc(C(C)(C)C)cc1C(C)(C)C)N(C(C)C)C(C)C. The maximum Gasteiger partial charge on any atom is 0.0989 e. The molecule has 1 rings (SSSR count). The van der Waals surface area contributed by atoms with Crippen molar-refractivity contribution in [3.05, 3.63) is 28.8 Å². The molecule has 0 saturated heterocycles. The molecule has 0 radical (unpaired) electrons. The Morgan fingerprint density at radius 1 is 0.639 bits per heavy atom. The molecule has 2 nitrogen and oxygen atoms in total. The maximum absolute atomic E-state index is 7.57. The Kier molecular flexibility index (Phi) is 11.8. The summed E-state index contributed by atoms with van der Waals surface area (Å²) in [4.78, 5) is 0. The Bertz CT molecular complexity index is 826. The summed E-state index contributed by atoms with van der Waals surface area (Å²) in [6.07, 6.45) is 0. The second-order valence-electron chi connectivity index (χ2n) is 14.5. The number of rotatable bonds is 8. The highest BCUT2D eigenvalue weighted by Crippen LogP contribution is 2.54. The van der Waals surface area contributed by atoms with Gasteiger partial charge in [0.05, 0.1) is 12.7 Å². The van der Waals surface area contributed by atoms with Gasteiger partial charge in [-0.1, -0.05) is 86.0 Å². The summed E-state index contributed by atoms with van der Waals surface area (Å²) in [6, 6.07) is 6.57. The van der Waals surface area contributed by atoms with Crippen molar-refractivity contribution in [2.24, 2.45) is 0 Å². The van der Waals surface area contributed by atoms with E-state index in [1.54, 1.807) is 0 Å². The van der Waals surface area contributed by atoms with Crippen LogP contribution in [0.5, 0.6) is 0 Å². The molecule has 0 fully saturated rings. The molecule has 1 aromatic rings. The van der Waals surface area contributed by atoms with Gasteiger partial charge in [-0.25, -0.2) is 0 Å². The Morgan fingerprint density at radius 2 is 0.944 bits per heavy atom. The van der Waals surface area contributed by atoms with Crippen molar-refractivity contribution in [2.75, 3.05) is 0 Å². The van der Waals surface area contributed by atoms with Crippen LogP contribution < -0.4 is 5.30 Å². The fourth-order valence-electron chi connectivity index (χ4n) is 4.85. The molecule has 0 saturated carbocycles. The lowest BCUT2D eigenvalue weighted by molar-refractivity contribution is 0.263. The van der Waals surface area contributed by atoms with E-state index >= 15 is 0 Å². The van der Waals surface area contributed by atoms with Crippen LogP contribution in [0.25, 0.3) is 0 Å². The Labute approximate surface area is 233 Å². The highest BCUT2D eigenvalue weighted by atomic mass is 35.5. The van der Waals surface area contributed by atoms with Gasteiger partial charge < -0.3 is 0 Å². The van der Waals surface area contributed by atoms with Gasteiger partial charge in [0, 0.05) is 29.5 Å². The first-order chi connectivity index (χ1) is 16.0. The summed E-state index contributed by atoms with van der Waals surface area (Å²) in [5, 5.41) is 1.40. The van der Waals surface area contributed by atoms with Crippen LogP contribution >= 0.6 is 28.0 Å². The Morgan fingerprint density at radius 3 is 1.17 bits per heavy atom. The second kappa shape index (κ2) is 12.5. The summed E-state index contributed by atoms with van der Waals surface area (Å²) >= 11 is 7.57. The van der Waals surface area contributed by atoms with Crippen molar-refractivity contribution in [1.29, 1.82) is 0 Å². The number of benzene rings is 1. The molecule has 0 heterocycles. The monoisotopic (exact) mass is 554 g/mol. The summed E-state index contributed by atoms with van der Waals surface area (Å²) in [5.74, 6) is 0. The smallest absolute Gasteiger partial charge is 0.0989 e. The minimum Gasteiger partial charge on any atom is -0.260 e. The van der Waals surface area contributed by atoms with Gasteiger partial charge in [0.1, 0.15) is 0 Å². The average molecular weight is 555 g/mol. The van der Waals surface area contributed by atoms with E-state index in [0.717, 1.165) is 12.7 Å². The molecule has 0 N–H and O–H groups in total. The lowest BCUT2D eigenvalue weighted by Crippen LogP contribution is -2.44. The molecular weight excluding hydrogens is 498 g/mol. The van der Waals surface area contributed by atoms with E-state index in [0.29, 0.717) is 24.2 Å². The zero-order valence-corrected chi connectivity index (χ0v) is 29.2. The van der Waals surface area contributed by atoms with Gasteiger partial charge in [-0.3, -0.25) is 9.34 Å². The first kappa shape index (κ1) is 34.1. The summed E-state index contributed by atoms with van der Waals surface area (Å²) in [7, 11) is 0.329. The maximum atomic E-state index is 7.57. The first-order valence-corrected chi connectivity index (χ1v) is 16.3. The van der Waals surface area contributed by atoms with Crippen molar-refractivity contribution >= 4 is 37.8 Å². The fraction of sp³-hybridized carbons (Fsp3) is 0.774. The zero-order chi connectivity index (χ0) is 28.5. The molecule has 0 aliphatic carbocycles. The fourth-order valence-corrected chi connectivity index (χ4v) is 10.5. The third kappa shape index (κ3) is 8.52. The molecule has 0 bridgehead atoms. The van der Waals surface area contributed by atoms with Gasteiger partial charge in [-0.05, 0) is 96.5 Å². The van der Waals surface area contributed by atoms with Gasteiger partial charge >= 0.3 is 0 Å². The van der Waals surface area contributed by atoms with Crippen LogP contribution in [-0.4, -0.2) is 38.0 Å². The van der Waals surface area contributed by atoms with Gasteiger partial charge in [-0.15, -0.1) is 0 Å². The lowest BCUT2D eigenvalue weighted by Gasteiger charge is -2.46. The van der Waals surface area contributed by atoms with Crippen molar-refractivity contribution in [1.82, 2.24) is 9.34 Å². The average Bonchev–Trinajstić information content (AvgIpc) is 2.63. The van der Waals surface area contributed by atoms with Gasteiger partial charge in [-0.2, -0.15) is 0 Å². The van der Waals surface area contributed by atoms with Crippen molar-refractivity contribution < 1.29 is 0 Å². The summed E-state index contributed by atoms with van der Waals surface area (Å²) in [5.41, 5.74) is 4.40. The molecule has 208 valence electrons. The van der Waals surface area contributed by atoms with E-state index in [-0.39, 0.29) is 16.2 Å². The molecule has 0 spiro atoms. The first-order valence-electron chi connectivity index (χ1n) is 13.8. The third-order valence-corrected chi connectivity index (χ3v) is 12.0. The minimum absolute atomic E-state index is 0.0229. The van der Waals surface area contributed by atoms with Crippen molar-refractivity contribution in [2.45, 2.75) is 158 Å². The van der Waals surface area contributed by atoms with E-state index in [9.17, 15) is 0 Å². The topological polar surface area (TPSA) is 6.48 Å². The molecule has 0 atom stereocenters. The quantitative estimate of drug-likeness (QED) is 0.295.